The number of aryl methyl sites for hydroxylation is 1. The number of sulfonamides is 1. The van der Waals surface area contributed by atoms with Crippen LogP contribution < -0.4 is 4.72 Å². The van der Waals surface area contributed by atoms with Crippen LogP contribution >= 0.6 is 0 Å². The Morgan fingerprint density at radius 2 is 1.62 bits per heavy atom. The van der Waals surface area contributed by atoms with Gasteiger partial charge in [-0.1, -0.05) is 42.3 Å². The fourth-order valence-corrected chi connectivity index (χ4v) is 4.14. The van der Waals surface area contributed by atoms with Gasteiger partial charge in [0.05, 0.1) is 10.6 Å². The van der Waals surface area contributed by atoms with E-state index in [9.17, 15) is 8.42 Å². The number of hydrogen-bond donors (Lipinski definition) is 1. The SMILES string of the molecule is Cc1ccc(S(=O)(=O)Nc2ccccc2CN2CCCCC2)cc1. The summed E-state index contributed by atoms with van der Waals surface area (Å²) in [6.45, 7) is 4.89. The number of para-hydroxylation sites is 1. The molecule has 1 saturated heterocycles. The van der Waals surface area contributed by atoms with Gasteiger partial charge in [0.25, 0.3) is 10.0 Å². The number of hydrogen-bond acceptors (Lipinski definition) is 3. The van der Waals surface area contributed by atoms with Gasteiger partial charge in [-0.05, 0) is 56.6 Å². The molecule has 3 rings (SSSR count). The van der Waals surface area contributed by atoms with Crippen LogP contribution in [0.15, 0.2) is 53.4 Å². The molecule has 0 amide bonds. The number of rotatable bonds is 5. The molecule has 0 aliphatic carbocycles. The van der Waals surface area contributed by atoms with E-state index in [1.165, 1.54) is 19.3 Å². The zero-order valence-corrected chi connectivity index (χ0v) is 14.8. The fourth-order valence-electron chi connectivity index (χ4n) is 3.04. The standard InChI is InChI=1S/C19H24N2O2S/c1-16-9-11-18(12-10-16)24(22,23)20-19-8-4-3-7-17(19)15-21-13-5-2-6-14-21/h3-4,7-12,20H,2,5-6,13-15H2,1H3. The molecule has 2 aromatic carbocycles. The molecule has 5 heteroatoms. The van der Waals surface area contributed by atoms with E-state index >= 15 is 0 Å². The topological polar surface area (TPSA) is 49.4 Å². The third-order valence-corrected chi connectivity index (χ3v) is 5.82. The van der Waals surface area contributed by atoms with Crippen molar-refractivity contribution in [3.05, 3.63) is 59.7 Å². The summed E-state index contributed by atoms with van der Waals surface area (Å²) < 4.78 is 28.0. The van der Waals surface area contributed by atoms with Crippen LogP contribution in [-0.2, 0) is 16.6 Å². The number of likely N-dealkylation sites (tertiary alicyclic amines) is 1. The monoisotopic (exact) mass is 344 g/mol. The quantitative estimate of drug-likeness (QED) is 0.898. The van der Waals surface area contributed by atoms with Crippen LogP contribution in [0.4, 0.5) is 5.69 Å². The molecule has 4 nitrogen and oxygen atoms in total. The van der Waals surface area contributed by atoms with Crippen molar-refractivity contribution in [3.63, 3.8) is 0 Å². The first-order valence-corrected chi connectivity index (χ1v) is 9.93. The molecule has 0 radical (unpaired) electrons. The summed E-state index contributed by atoms with van der Waals surface area (Å²) in [6, 6.07) is 14.6. The highest BCUT2D eigenvalue weighted by molar-refractivity contribution is 7.92. The van der Waals surface area contributed by atoms with Gasteiger partial charge >= 0.3 is 0 Å². The number of nitrogens with zero attached hydrogens (tertiary/aromatic N) is 1. The Balaban J connectivity index is 1.80. The molecular formula is C19H24N2O2S. The summed E-state index contributed by atoms with van der Waals surface area (Å²) >= 11 is 0. The van der Waals surface area contributed by atoms with E-state index < -0.39 is 10.0 Å². The van der Waals surface area contributed by atoms with Crippen molar-refractivity contribution >= 4 is 15.7 Å². The van der Waals surface area contributed by atoms with Gasteiger partial charge in [-0.25, -0.2) is 8.42 Å². The summed E-state index contributed by atoms with van der Waals surface area (Å²) in [6.07, 6.45) is 3.73. The van der Waals surface area contributed by atoms with Crippen molar-refractivity contribution < 1.29 is 8.42 Å². The van der Waals surface area contributed by atoms with Crippen molar-refractivity contribution in [2.75, 3.05) is 17.8 Å². The molecule has 1 aliphatic rings. The van der Waals surface area contributed by atoms with Crippen molar-refractivity contribution in [1.29, 1.82) is 0 Å². The van der Waals surface area contributed by atoms with Crippen LogP contribution in [0.3, 0.4) is 0 Å². The normalized spacial score (nSPS) is 16.0. The fraction of sp³-hybridized carbons (Fsp3) is 0.368. The van der Waals surface area contributed by atoms with Crippen LogP contribution in [0.25, 0.3) is 0 Å². The lowest BCUT2D eigenvalue weighted by atomic mass is 10.1. The van der Waals surface area contributed by atoms with Gasteiger partial charge in [-0.15, -0.1) is 0 Å². The zero-order valence-electron chi connectivity index (χ0n) is 14.0. The first kappa shape index (κ1) is 17.0. The maximum atomic E-state index is 12.6. The summed E-state index contributed by atoms with van der Waals surface area (Å²) in [7, 11) is -3.56. The molecule has 0 saturated carbocycles. The van der Waals surface area contributed by atoms with Gasteiger partial charge in [0.15, 0.2) is 0 Å². The Kier molecular flexibility index (Phi) is 5.21. The van der Waals surface area contributed by atoms with Crippen LogP contribution in [0.5, 0.6) is 0 Å². The number of anilines is 1. The molecule has 1 heterocycles. The minimum Gasteiger partial charge on any atom is -0.299 e. The molecule has 0 aromatic heterocycles. The molecule has 1 aliphatic heterocycles. The van der Waals surface area contributed by atoms with Gasteiger partial charge in [0.1, 0.15) is 0 Å². The largest absolute Gasteiger partial charge is 0.299 e. The summed E-state index contributed by atoms with van der Waals surface area (Å²) in [5.41, 5.74) is 2.73. The van der Waals surface area contributed by atoms with E-state index in [1.807, 2.05) is 43.3 Å². The Morgan fingerprint density at radius 1 is 0.958 bits per heavy atom. The molecule has 128 valence electrons. The minimum atomic E-state index is -3.56. The summed E-state index contributed by atoms with van der Waals surface area (Å²) in [5.74, 6) is 0. The minimum absolute atomic E-state index is 0.292. The zero-order chi connectivity index (χ0) is 17.0. The molecule has 0 spiro atoms. The number of benzene rings is 2. The Hall–Kier alpha value is -1.85. The first-order valence-electron chi connectivity index (χ1n) is 8.44. The molecule has 1 fully saturated rings. The third-order valence-electron chi connectivity index (χ3n) is 4.44. The number of nitrogens with one attached hydrogen (secondary N) is 1. The maximum Gasteiger partial charge on any atom is 0.261 e. The second-order valence-electron chi connectivity index (χ2n) is 6.41. The first-order chi connectivity index (χ1) is 11.5. The van der Waals surface area contributed by atoms with E-state index in [2.05, 4.69) is 9.62 Å². The van der Waals surface area contributed by atoms with Crippen LogP contribution in [0.1, 0.15) is 30.4 Å². The predicted molar refractivity (Wildman–Crippen MR) is 97.6 cm³/mol. The van der Waals surface area contributed by atoms with E-state index in [0.717, 1.165) is 30.8 Å². The summed E-state index contributed by atoms with van der Waals surface area (Å²) in [4.78, 5) is 2.68. The van der Waals surface area contributed by atoms with Crippen molar-refractivity contribution in [1.82, 2.24) is 4.90 Å². The predicted octanol–water partition coefficient (Wildman–Crippen LogP) is 3.78. The molecule has 24 heavy (non-hydrogen) atoms. The molecule has 0 atom stereocenters. The molecular weight excluding hydrogens is 320 g/mol. The van der Waals surface area contributed by atoms with Gasteiger partial charge in [0, 0.05) is 6.54 Å². The maximum absolute atomic E-state index is 12.6. The lowest BCUT2D eigenvalue weighted by molar-refractivity contribution is 0.221. The van der Waals surface area contributed by atoms with E-state index in [4.69, 9.17) is 0 Å². The summed E-state index contributed by atoms with van der Waals surface area (Å²) in [5, 5.41) is 0. The van der Waals surface area contributed by atoms with E-state index in [1.54, 1.807) is 12.1 Å². The average molecular weight is 344 g/mol. The third kappa shape index (κ3) is 4.16. The molecule has 2 aromatic rings. The van der Waals surface area contributed by atoms with Crippen LogP contribution in [-0.4, -0.2) is 26.4 Å². The van der Waals surface area contributed by atoms with Crippen molar-refractivity contribution in [2.45, 2.75) is 37.6 Å². The molecule has 1 N–H and O–H groups in total. The second kappa shape index (κ2) is 7.36. The molecule has 0 bridgehead atoms. The van der Waals surface area contributed by atoms with Gasteiger partial charge in [0.2, 0.25) is 0 Å². The molecule has 0 unspecified atom stereocenters. The highest BCUT2D eigenvalue weighted by Crippen LogP contribution is 2.23. The Morgan fingerprint density at radius 3 is 2.33 bits per heavy atom. The van der Waals surface area contributed by atoms with Gasteiger partial charge < -0.3 is 0 Å². The lowest BCUT2D eigenvalue weighted by Crippen LogP contribution is -2.29. The van der Waals surface area contributed by atoms with Crippen LogP contribution in [0.2, 0.25) is 0 Å². The highest BCUT2D eigenvalue weighted by atomic mass is 32.2. The van der Waals surface area contributed by atoms with Crippen molar-refractivity contribution in [3.8, 4) is 0 Å². The van der Waals surface area contributed by atoms with Crippen molar-refractivity contribution in [2.24, 2.45) is 0 Å². The Bertz CT molecular complexity index is 779. The van der Waals surface area contributed by atoms with Gasteiger partial charge in [-0.2, -0.15) is 0 Å². The van der Waals surface area contributed by atoms with Crippen LogP contribution in [0, 0.1) is 6.92 Å². The number of piperidine rings is 1. The van der Waals surface area contributed by atoms with Gasteiger partial charge in [-0.3, -0.25) is 9.62 Å². The van der Waals surface area contributed by atoms with E-state index in [-0.39, 0.29) is 0 Å². The lowest BCUT2D eigenvalue weighted by Gasteiger charge is -2.27. The highest BCUT2D eigenvalue weighted by Gasteiger charge is 2.17. The van der Waals surface area contributed by atoms with E-state index in [0.29, 0.717) is 10.6 Å². The smallest absolute Gasteiger partial charge is 0.261 e. The average Bonchev–Trinajstić information content (AvgIpc) is 2.58. The second-order valence-corrected chi connectivity index (χ2v) is 8.09. The Labute approximate surface area is 144 Å².